The summed E-state index contributed by atoms with van der Waals surface area (Å²) in [5.41, 5.74) is 8.40. The standard InChI is InChI=1S/C25H25Cl2N7O2/c26-19-12-30-13-20(27)18(19)14-36-16-1-2-21(28)17(9-16)23(29)15-10-31-24(32-11-15)34-7-5-25(6-8-34)4-3-22(35)33-25/h1-2,9-13,29H,3-8,14,28H2,(H,33,35). The molecule has 0 unspecified atom stereocenters. The van der Waals surface area contributed by atoms with Crippen LogP contribution in [0.4, 0.5) is 11.6 Å². The molecule has 2 aliphatic heterocycles. The van der Waals surface area contributed by atoms with E-state index < -0.39 is 0 Å². The molecule has 2 fully saturated rings. The van der Waals surface area contributed by atoms with Gasteiger partial charge in [-0.2, -0.15) is 0 Å². The fraction of sp³-hybridized carbons (Fsp3) is 0.320. The van der Waals surface area contributed by atoms with Crippen LogP contribution in [0.2, 0.25) is 10.0 Å². The Bertz CT molecular complexity index is 1290. The highest BCUT2D eigenvalue weighted by Gasteiger charge is 2.40. The molecule has 186 valence electrons. The van der Waals surface area contributed by atoms with E-state index in [0.29, 0.717) is 50.5 Å². The normalized spacial score (nSPS) is 16.7. The lowest BCUT2D eigenvalue weighted by atomic mass is 9.86. The minimum Gasteiger partial charge on any atom is -0.489 e. The first-order valence-corrected chi connectivity index (χ1v) is 12.4. The maximum absolute atomic E-state index is 11.7. The molecule has 9 nitrogen and oxygen atoms in total. The Kier molecular flexibility index (Phi) is 6.68. The second kappa shape index (κ2) is 9.91. The maximum Gasteiger partial charge on any atom is 0.225 e. The minimum absolute atomic E-state index is 0.0751. The van der Waals surface area contributed by atoms with Gasteiger partial charge in [0.2, 0.25) is 11.9 Å². The highest BCUT2D eigenvalue weighted by molar-refractivity contribution is 6.35. The summed E-state index contributed by atoms with van der Waals surface area (Å²) in [6.45, 7) is 1.69. The van der Waals surface area contributed by atoms with Crippen molar-refractivity contribution in [2.75, 3.05) is 23.7 Å². The molecule has 2 aromatic heterocycles. The predicted octanol–water partition coefficient (Wildman–Crippen LogP) is 4.00. The molecule has 4 N–H and O–H groups in total. The Balaban J connectivity index is 1.26. The Morgan fingerprint density at radius 3 is 2.44 bits per heavy atom. The number of carbonyl (C=O) groups is 1. The third-order valence-corrected chi connectivity index (χ3v) is 7.45. The largest absolute Gasteiger partial charge is 0.489 e. The number of hydrogen-bond donors (Lipinski definition) is 3. The molecule has 1 aromatic carbocycles. The zero-order valence-corrected chi connectivity index (χ0v) is 20.9. The lowest BCUT2D eigenvalue weighted by Crippen LogP contribution is -2.51. The van der Waals surface area contributed by atoms with Crippen LogP contribution in [0, 0.1) is 5.41 Å². The number of nitrogens with one attached hydrogen (secondary N) is 2. The van der Waals surface area contributed by atoms with Gasteiger partial charge in [-0.15, -0.1) is 0 Å². The van der Waals surface area contributed by atoms with Crippen LogP contribution in [0.25, 0.3) is 0 Å². The molecule has 4 heterocycles. The summed E-state index contributed by atoms with van der Waals surface area (Å²) in [6.07, 6.45) is 9.53. The van der Waals surface area contributed by atoms with E-state index >= 15 is 0 Å². The Hall–Kier alpha value is -3.43. The second-order valence-corrected chi connectivity index (χ2v) is 9.90. The summed E-state index contributed by atoms with van der Waals surface area (Å²) in [7, 11) is 0. The van der Waals surface area contributed by atoms with E-state index in [1.54, 1.807) is 30.6 Å². The van der Waals surface area contributed by atoms with Gasteiger partial charge in [-0.25, -0.2) is 9.97 Å². The van der Waals surface area contributed by atoms with Gasteiger partial charge in [-0.05, 0) is 37.5 Å². The van der Waals surface area contributed by atoms with Gasteiger partial charge in [0.05, 0.1) is 15.8 Å². The molecule has 0 bridgehead atoms. The summed E-state index contributed by atoms with van der Waals surface area (Å²) in [5.74, 6) is 1.27. The van der Waals surface area contributed by atoms with Crippen molar-refractivity contribution >= 4 is 46.5 Å². The monoisotopic (exact) mass is 525 g/mol. The fourth-order valence-corrected chi connectivity index (χ4v) is 5.10. The van der Waals surface area contributed by atoms with Crippen LogP contribution in [-0.2, 0) is 11.4 Å². The fourth-order valence-electron chi connectivity index (χ4n) is 4.63. The average molecular weight is 526 g/mol. The molecule has 0 radical (unpaired) electrons. The molecule has 5 rings (SSSR count). The Labute approximate surface area is 218 Å². The molecule has 0 aliphatic carbocycles. The number of anilines is 2. The lowest BCUT2D eigenvalue weighted by molar-refractivity contribution is -0.119. The van der Waals surface area contributed by atoms with Crippen molar-refractivity contribution in [1.29, 1.82) is 5.41 Å². The number of nitrogens with two attached hydrogens (primary N) is 1. The maximum atomic E-state index is 11.7. The predicted molar refractivity (Wildman–Crippen MR) is 139 cm³/mol. The Morgan fingerprint density at radius 1 is 1.11 bits per heavy atom. The number of aromatic nitrogens is 3. The molecule has 11 heteroatoms. The van der Waals surface area contributed by atoms with Crippen molar-refractivity contribution < 1.29 is 9.53 Å². The number of benzene rings is 1. The number of pyridine rings is 1. The smallest absolute Gasteiger partial charge is 0.225 e. The molecule has 0 atom stereocenters. The van der Waals surface area contributed by atoms with Crippen LogP contribution >= 0.6 is 23.2 Å². The number of nitrogens with zero attached hydrogens (tertiary/aromatic N) is 4. The zero-order valence-electron chi connectivity index (χ0n) is 19.4. The summed E-state index contributed by atoms with van der Waals surface area (Å²) >= 11 is 12.3. The number of amides is 1. The minimum atomic E-state index is -0.0751. The SMILES string of the molecule is N=C(c1cnc(N2CCC3(CCC(=O)N3)CC2)nc1)c1cc(OCc2c(Cl)cncc2Cl)ccc1N. The van der Waals surface area contributed by atoms with Gasteiger partial charge in [0.1, 0.15) is 12.4 Å². The highest BCUT2D eigenvalue weighted by Crippen LogP contribution is 2.32. The second-order valence-electron chi connectivity index (χ2n) is 9.08. The van der Waals surface area contributed by atoms with E-state index in [4.69, 9.17) is 39.1 Å². The average Bonchev–Trinajstić information content (AvgIpc) is 3.24. The van der Waals surface area contributed by atoms with Crippen LogP contribution in [0.3, 0.4) is 0 Å². The van der Waals surface area contributed by atoms with Crippen molar-refractivity contribution in [3.8, 4) is 5.75 Å². The molecule has 1 spiro atoms. The number of carbonyl (C=O) groups excluding carboxylic acids is 1. The molecule has 0 saturated carbocycles. The van der Waals surface area contributed by atoms with Gasteiger partial charge < -0.3 is 20.7 Å². The number of piperidine rings is 1. The number of nitrogen functional groups attached to an aromatic ring is 1. The van der Waals surface area contributed by atoms with Crippen molar-refractivity contribution in [2.24, 2.45) is 0 Å². The van der Waals surface area contributed by atoms with E-state index in [0.717, 1.165) is 32.4 Å². The van der Waals surface area contributed by atoms with Gasteiger partial charge in [0.15, 0.2) is 0 Å². The van der Waals surface area contributed by atoms with Crippen molar-refractivity contribution in [3.05, 3.63) is 69.7 Å². The first-order chi connectivity index (χ1) is 17.3. The van der Waals surface area contributed by atoms with Gasteiger partial charge in [-0.1, -0.05) is 23.2 Å². The zero-order chi connectivity index (χ0) is 25.3. The molecule has 2 saturated heterocycles. The van der Waals surface area contributed by atoms with Crippen molar-refractivity contribution in [2.45, 2.75) is 37.8 Å². The number of halogens is 2. The van der Waals surface area contributed by atoms with Crippen LogP contribution in [0.1, 0.15) is 42.4 Å². The summed E-state index contributed by atoms with van der Waals surface area (Å²) in [6, 6.07) is 5.12. The first-order valence-electron chi connectivity index (χ1n) is 11.6. The lowest BCUT2D eigenvalue weighted by Gasteiger charge is -2.39. The first kappa shape index (κ1) is 24.3. The van der Waals surface area contributed by atoms with Gasteiger partial charge in [0.25, 0.3) is 0 Å². The number of ether oxygens (including phenoxy) is 1. The van der Waals surface area contributed by atoms with Gasteiger partial charge in [0, 0.05) is 72.2 Å². The third kappa shape index (κ3) is 4.94. The highest BCUT2D eigenvalue weighted by atomic mass is 35.5. The summed E-state index contributed by atoms with van der Waals surface area (Å²) < 4.78 is 5.87. The topological polar surface area (TPSA) is 130 Å². The van der Waals surface area contributed by atoms with E-state index in [-0.39, 0.29) is 23.8 Å². The van der Waals surface area contributed by atoms with Crippen molar-refractivity contribution in [3.63, 3.8) is 0 Å². The van der Waals surface area contributed by atoms with E-state index in [9.17, 15) is 4.79 Å². The summed E-state index contributed by atoms with van der Waals surface area (Å²) in [5, 5.41) is 12.7. The molecular weight excluding hydrogens is 501 g/mol. The van der Waals surface area contributed by atoms with Crippen LogP contribution in [0.15, 0.2) is 43.0 Å². The van der Waals surface area contributed by atoms with Gasteiger partial charge in [-0.3, -0.25) is 15.2 Å². The number of rotatable bonds is 6. The quantitative estimate of drug-likeness (QED) is 0.327. The molecule has 1 amide bonds. The van der Waals surface area contributed by atoms with Crippen molar-refractivity contribution in [1.82, 2.24) is 20.3 Å². The molecule has 2 aliphatic rings. The van der Waals surface area contributed by atoms with Crippen LogP contribution < -0.4 is 20.7 Å². The van der Waals surface area contributed by atoms with E-state index in [1.807, 2.05) is 0 Å². The van der Waals surface area contributed by atoms with Crippen LogP contribution in [-0.4, -0.2) is 45.2 Å². The van der Waals surface area contributed by atoms with E-state index in [2.05, 4.69) is 25.2 Å². The third-order valence-electron chi connectivity index (χ3n) is 6.80. The Morgan fingerprint density at radius 2 is 1.81 bits per heavy atom. The van der Waals surface area contributed by atoms with E-state index in [1.165, 1.54) is 12.4 Å². The molecular formula is C25H25Cl2N7O2. The number of hydrogen-bond acceptors (Lipinski definition) is 8. The van der Waals surface area contributed by atoms with Crippen LogP contribution in [0.5, 0.6) is 5.75 Å². The van der Waals surface area contributed by atoms with Gasteiger partial charge >= 0.3 is 0 Å². The summed E-state index contributed by atoms with van der Waals surface area (Å²) in [4.78, 5) is 26.7. The molecule has 36 heavy (non-hydrogen) atoms. The molecule has 3 aromatic rings.